The van der Waals surface area contributed by atoms with Gasteiger partial charge in [0, 0.05) is 11.1 Å². The summed E-state index contributed by atoms with van der Waals surface area (Å²) in [5, 5.41) is 0.352. The number of aryl methyl sites for hydroxylation is 1. The highest BCUT2D eigenvalue weighted by Crippen LogP contribution is 2.36. The molecule has 0 unspecified atom stereocenters. The summed E-state index contributed by atoms with van der Waals surface area (Å²) in [6, 6.07) is 8.92. The van der Waals surface area contributed by atoms with Crippen molar-refractivity contribution in [2.75, 3.05) is 14.2 Å². The van der Waals surface area contributed by atoms with E-state index in [1.807, 2.05) is 32.0 Å². The highest BCUT2D eigenvalue weighted by atomic mass is 35.5. The molecule has 0 saturated heterocycles. The van der Waals surface area contributed by atoms with Gasteiger partial charge in [-0.05, 0) is 37.1 Å². The predicted octanol–water partition coefficient (Wildman–Crippen LogP) is 4.21. The van der Waals surface area contributed by atoms with Crippen LogP contribution in [0.4, 0.5) is 0 Å². The first kappa shape index (κ1) is 15.4. The van der Waals surface area contributed by atoms with Crippen molar-refractivity contribution >= 4 is 17.4 Å². The molecule has 3 nitrogen and oxygen atoms in total. The molecule has 0 radical (unpaired) electrons. The SMILES string of the molecule is COc1cc(C(=O)c2cccc(C)c2C)cc(Cl)c1OC. The number of ketones is 1. The largest absolute Gasteiger partial charge is 0.493 e. The topological polar surface area (TPSA) is 35.5 Å². The number of rotatable bonds is 4. The molecular formula is C17H17ClO3. The van der Waals surface area contributed by atoms with E-state index in [9.17, 15) is 4.79 Å². The minimum atomic E-state index is -0.0842. The number of hydrogen-bond donors (Lipinski definition) is 0. The van der Waals surface area contributed by atoms with Gasteiger partial charge in [0.1, 0.15) is 0 Å². The molecule has 2 aromatic carbocycles. The quantitative estimate of drug-likeness (QED) is 0.794. The van der Waals surface area contributed by atoms with E-state index >= 15 is 0 Å². The van der Waals surface area contributed by atoms with Gasteiger partial charge in [-0.3, -0.25) is 4.79 Å². The lowest BCUT2D eigenvalue weighted by molar-refractivity contribution is 0.103. The standard InChI is InChI=1S/C17H17ClO3/c1-10-6-5-7-13(11(10)2)16(19)12-8-14(18)17(21-4)15(9-12)20-3/h5-9H,1-4H3. The van der Waals surface area contributed by atoms with Crippen molar-refractivity contribution < 1.29 is 14.3 Å². The van der Waals surface area contributed by atoms with Crippen LogP contribution in [0.15, 0.2) is 30.3 Å². The first-order chi connectivity index (χ1) is 9.99. The Labute approximate surface area is 129 Å². The fraction of sp³-hybridized carbons (Fsp3) is 0.235. The molecule has 0 N–H and O–H groups in total. The van der Waals surface area contributed by atoms with Crippen molar-refractivity contribution in [2.24, 2.45) is 0 Å². The van der Waals surface area contributed by atoms with Crippen LogP contribution in [0.3, 0.4) is 0 Å². The summed E-state index contributed by atoms with van der Waals surface area (Å²) < 4.78 is 10.4. The molecule has 2 rings (SSSR count). The van der Waals surface area contributed by atoms with Crippen LogP contribution in [0.5, 0.6) is 11.5 Å². The zero-order valence-electron chi connectivity index (χ0n) is 12.5. The Balaban J connectivity index is 2.54. The maximum atomic E-state index is 12.7. The predicted molar refractivity (Wildman–Crippen MR) is 83.9 cm³/mol. The van der Waals surface area contributed by atoms with Crippen LogP contribution in [-0.4, -0.2) is 20.0 Å². The summed E-state index contributed by atoms with van der Waals surface area (Å²) in [7, 11) is 3.02. The third-order valence-electron chi connectivity index (χ3n) is 3.55. The van der Waals surface area contributed by atoms with Gasteiger partial charge in [-0.25, -0.2) is 0 Å². The van der Waals surface area contributed by atoms with E-state index in [2.05, 4.69) is 0 Å². The van der Waals surface area contributed by atoms with Gasteiger partial charge in [0.2, 0.25) is 0 Å². The fourth-order valence-corrected chi connectivity index (χ4v) is 2.49. The summed E-state index contributed by atoms with van der Waals surface area (Å²) in [6.07, 6.45) is 0. The van der Waals surface area contributed by atoms with Crippen LogP contribution in [0, 0.1) is 13.8 Å². The number of ether oxygens (including phenoxy) is 2. The van der Waals surface area contributed by atoms with Gasteiger partial charge in [0.05, 0.1) is 19.2 Å². The van der Waals surface area contributed by atoms with Crippen molar-refractivity contribution in [3.8, 4) is 11.5 Å². The van der Waals surface area contributed by atoms with Crippen LogP contribution in [0.2, 0.25) is 5.02 Å². The van der Waals surface area contributed by atoms with E-state index in [0.717, 1.165) is 11.1 Å². The molecule has 0 aliphatic carbocycles. The summed E-state index contributed by atoms with van der Waals surface area (Å²) in [4.78, 5) is 12.7. The molecular weight excluding hydrogens is 288 g/mol. The van der Waals surface area contributed by atoms with Gasteiger partial charge in [-0.15, -0.1) is 0 Å². The van der Waals surface area contributed by atoms with E-state index in [1.165, 1.54) is 14.2 Å². The number of benzene rings is 2. The summed E-state index contributed by atoms with van der Waals surface area (Å²) in [5.41, 5.74) is 3.19. The second kappa shape index (κ2) is 6.19. The van der Waals surface area contributed by atoms with Gasteiger partial charge in [-0.2, -0.15) is 0 Å². The average Bonchev–Trinajstić information content (AvgIpc) is 2.48. The normalized spacial score (nSPS) is 10.3. The van der Waals surface area contributed by atoms with E-state index in [4.69, 9.17) is 21.1 Å². The van der Waals surface area contributed by atoms with E-state index in [-0.39, 0.29) is 5.78 Å². The molecule has 110 valence electrons. The van der Waals surface area contributed by atoms with Crippen molar-refractivity contribution in [2.45, 2.75) is 13.8 Å². The summed E-state index contributed by atoms with van der Waals surface area (Å²) >= 11 is 6.16. The first-order valence-corrected chi connectivity index (χ1v) is 6.89. The number of methoxy groups -OCH3 is 2. The third-order valence-corrected chi connectivity index (χ3v) is 3.83. The highest BCUT2D eigenvalue weighted by molar-refractivity contribution is 6.33. The molecule has 0 aromatic heterocycles. The lowest BCUT2D eigenvalue weighted by atomic mass is 9.96. The molecule has 4 heteroatoms. The van der Waals surface area contributed by atoms with Gasteiger partial charge >= 0.3 is 0 Å². The Morgan fingerprint density at radius 2 is 1.81 bits per heavy atom. The lowest BCUT2D eigenvalue weighted by Gasteiger charge is -2.12. The maximum Gasteiger partial charge on any atom is 0.193 e. The van der Waals surface area contributed by atoms with Crippen LogP contribution in [-0.2, 0) is 0 Å². The van der Waals surface area contributed by atoms with Gasteiger partial charge < -0.3 is 9.47 Å². The van der Waals surface area contributed by atoms with Gasteiger partial charge in [0.15, 0.2) is 17.3 Å². The molecule has 0 heterocycles. The van der Waals surface area contributed by atoms with Crippen LogP contribution >= 0.6 is 11.6 Å². The van der Waals surface area contributed by atoms with Crippen LogP contribution in [0.25, 0.3) is 0 Å². The smallest absolute Gasteiger partial charge is 0.193 e. The van der Waals surface area contributed by atoms with Gasteiger partial charge in [0.25, 0.3) is 0 Å². The molecule has 21 heavy (non-hydrogen) atoms. The Morgan fingerprint density at radius 1 is 1.10 bits per heavy atom. The monoisotopic (exact) mass is 304 g/mol. The Kier molecular flexibility index (Phi) is 4.53. The Morgan fingerprint density at radius 3 is 2.43 bits per heavy atom. The second-order valence-corrected chi connectivity index (χ2v) is 5.18. The summed E-state index contributed by atoms with van der Waals surface area (Å²) in [5.74, 6) is 0.786. The lowest BCUT2D eigenvalue weighted by Crippen LogP contribution is -2.06. The van der Waals surface area contributed by atoms with Crippen LogP contribution in [0.1, 0.15) is 27.0 Å². The van der Waals surface area contributed by atoms with Crippen molar-refractivity contribution in [3.05, 3.63) is 57.6 Å². The molecule has 2 aromatic rings. The van der Waals surface area contributed by atoms with E-state index < -0.39 is 0 Å². The van der Waals surface area contributed by atoms with E-state index in [0.29, 0.717) is 27.6 Å². The molecule has 0 fully saturated rings. The minimum Gasteiger partial charge on any atom is -0.493 e. The number of carbonyl (C=O) groups is 1. The molecule has 0 atom stereocenters. The Bertz CT molecular complexity index is 693. The van der Waals surface area contributed by atoms with Crippen molar-refractivity contribution in [1.82, 2.24) is 0 Å². The first-order valence-electron chi connectivity index (χ1n) is 6.52. The Hall–Kier alpha value is -2.00. The zero-order chi connectivity index (χ0) is 15.6. The van der Waals surface area contributed by atoms with Crippen molar-refractivity contribution in [1.29, 1.82) is 0 Å². The fourth-order valence-electron chi connectivity index (χ4n) is 2.20. The summed E-state index contributed by atoms with van der Waals surface area (Å²) in [6.45, 7) is 3.92. The molecule has 0 bridgehead atoms. The molecule has 0 saturated carbocycles. The zero-order valence-corrected chi connectivity index (χ0v) is 13.2. The molecule has 0 aliphatic rings. The number of halogens is 1. The highest BCUT2D eigenvalue weighted by Gasteiger charge is 2.18. The minimum absolute atomic E-state index is 0.0842. The number of hydrogen-bond acceptors (Lipinski definition) is 3. The average molecular weight is 305 g/mol. The van der Waals surface area contributed by atoms with Crippen molar-refractivity contribution in [3.63, 3.8) is 0 Å². The van der Waals surface area contributed by atoms with E-state index in [1.54, 1.807) is 12.1 Å². The van der Waals surface area contributed by atoms with Crippen LogP contribution < -0.4 is 9.47 Å². The third kappa shape index (κ3) is 2.88. The molecule has 0 amide bonds. The molecule has 0 aliphatic heterocycles. The maximum absolute atomic E-state index is 12.7. The second-order valence-electron chi connectivity index (χ2n) is 4.77. The van der Waals surface area contributed by atoms with Gasteiger partial charge in [-0.1, -0.05) is 29.8 Å². The number of carbonyl (C=O) groups excluding carboxylic acids is 1. The molecule has 0 spiro atoms.